The van der Waals surface area contributed by atoms with Gasteiger partial charge in [0.05, 0.1) is 15.2 Å². The third kappa shape index (κ3) is 3.04. The van der Waals surface area contributed by atoms with Crippen LogP contribution in [0, 0.1) is 12.7 Å². The molecule has 0 saturated heterocycles. The maximum absolute atomic E-state index is 13.5. The number of hydrogen-bond donors (Lipinski definition) is 1. The van der Waals surface area contributed by atoms with Crippen molar-refractivity contribution >= 4 is 33.3 Å². The smallest absolute Gasteiger partial charge is 0.161 e. The van der Waals surface area contributed by atoms with Gasteiger partial charge in [-0.05, 0) is 48.0 Å². The van der Waals surface area contributed by atoms with Gasteiger partial charge in [-0.2, -0.15) is 0 Å². The molecule has 1 heterocycles. The highest BCUT2D eigenvalue weighted by Gasteiger charge is 2.11. The van der Waals surface area contributed by atoms with Crippen molar-refractivity contribution in [2.75, 3.05) is 11.9 Å². The normalized spacial score (nSPS) is 10.6. The van der Waals surface area contributed by atoms with Crippen LogP contribution in [0.15, 0.2) is 22.7 Å². The first kappa shape index (κ1) is 14.2. The lowest BCUT2D eigenvalue weighted by molar-refractivity contribution is 0.628. The zero-order valence-electron chi connectivity index (χ0n) is 10.5. The van der Waals surface area contributed by atoms with Gasteiger partial charge in [-0.15, -0.1) is 0 Å². The number of hydrogen-bond acceptors (Lipinski definition) is 3. The summed E-state index contributed by atoms with van der Waals surface area (Å²) in [4.78, 5) is 8.73. The van der Waals surface area contributed by atoms with Crippen molar-refractivity contribution in [1.29, 1.82) is 0 Å². The van der Waals surface area contributed by atoms with Crippen LogP contribution in [0.1, 0.15) is 12.6 Å². The SMILES string of the molecule is CCNc1nc(-c2ccc(Cl)c(F)c2)nc(C)c1Br. The summed E-state index contributed by atoms with van der Waals surface area (Å²) in [7, 11) is 0. The molecule has 0 bridgehead atoms. The summed E-state index contributed by atoms with van der Waals surface area (Å²) < 4.78 is 14.3. The van der Waals surface area contributed by atoms with Crippen molar-refractivity contribution < 1.29 is 4.39 Å². The van der Waals surface area contributed by atoms with E-state index in [1.807, 2.05) is 13.8 Å². The van der Waals surface area contributed by atoms with E-state index in [0.29, 0.717) is 17.2 Å². The summed E-state index contributed by atoms with van der Waals surface area (Å²) in [5, 5.41) is 3.22. The monoisotopic (exact) mass is 343 g/mol. The van der Waals surface area contributed by atoms with Crippen LogP contribution in [0.4, 0.5) is 10.2 Å². The highest BCUT2D eigenvalue weighted by atomic mass is 79.9. The predicted molar refractivity (Wildman–Crippen MR) is 79.0 cm³/mol. The van der Waals surface area contributed by atoms with Gasteiger partial charge in [0.2, 0.25) is 0 Å². The average Bonchev–Trinajstić information content (AvgIpc) is 2.38. The first-order valence-corrected chi connectivity index (χ1v) is 6.93. The van der Waals surface area contributed by atoms with Crippen molar-refractivity contribution in [1.82, 2.24) is 9.97 Å². The number of benzene rings is 1. The number of aryl methyl sites for hydroxylation is 1. The molecule has 3 nitrogen and oxygen atoms in total. The topological polar surface area (TPSA) is 37.8 Å². The van der Waals surface area contributed by atoms with Gasteiger partial charge in [0.25, 0.3) is 0 Å². The molecule has 0 saturated carbocycles. The lowest BCUT2D eigenvalue weighted by Gasteiger charge is -2.10. The Bertz CT molecular complexity index is 619. The van der Waals surface area contributed by atoms with Crippen molar-refractivity contribution in [3.63, 3.8) is 0 Å². The summed E-state index contributed by atoms with van der Waals surface area (Å²) in [5.41, 5.74) is 1.38. The number of rotatable bonds is 3. The molecule has 6 heteroatoms. The Morgan fingerprint density at radius 3 is 2.74 bits per heavy atom. The third-order valence-corrected chi connectivity index (χ3v) is 3.79. The van der Waals surface area contributed by atoms with E-state index in [2.05, 4.69) is 31.2 Å². The molecule has 0 unspecified atom stereocenters. The van der Waals surface area contributed by atoms with Gasteiger partial charge in [0, 0.05) is 12.1 Å². The molecule has 0 aliphatic heterocycles. The van der Waals surface area contributed by atoms with E-state index in [1.54, 1.807) is 6.07 Å². The first-order chi connectivity index (χ1) is 9.02. The average molecular weight is 345 g/mol. The maximum atomic E-state index is 13.5. The Balaban J connectivity index is 2.52. The Hall–Kier alpha value is -1.20. The summed E-state index contributed by atoms with van der Waals surface area (Å²) >= 11 is 9.10. The molecular weight excluding hydrogens is 333 g/mol. The first-order valence-electron chi connectivity index (χ1n) is 5.76. The van der Waals surface area contributed by atoms with Crippen molar-refractivity contribution in [2.45, 2.75) is 13.8 Å². The molecule has 0 amide bonds. The number of anilines is 1. The molecule has 0 aliphatic carbocycles. The molecule has 2 aromatic rings. The number of halogens is 3. The third-order valence-electron chi connectivity index (χ3n) is 2.54. The molecule has 0 radical (unpaired) electrons. The van der Waals surface area contributed by atoms with E-state index < -0.39 is 5.82 Å². The molecule has 0 spiro atoms. The van der Waals surface area contributed by atoms with Crippen molar-refractivity contribution in [3.8, 4) is 11.4 Å². The van der Waals surface area contributed by atoms with Crippen LogP contribution in [0.2, 0.25) is 5.02 Å². The molecule has 19 heavy (non-hydrogen) atoms. The number of nitrogens with zero attached hydrogens (tertiary/aromatic N) is 2. The molecule has 2 rings (SSSR count). The van der Waals surface area contributed by atoms with Gasteiger partial charge in [-0.1, -0.05) is 11.6 Å². The Labute approximate surface area is 124 Å². The standard InChI is InChI=1S/C13H12BrClFN3/c1-3-17-13-11(14)7(2)18-12(19-13)8-4-5-9(15)10(16)6-8/h4-6H,3H2,1-2H3,(H,17,18,19). The molecule has 0 fully saturated rings. The van der Waals surface area contributed by atoms with Crippen LogP contribution in [0.3, 0.4) is 0 Å². The lowest BCUT2D eigenvalue weighted by Crippen LogP contribution is -2.04. The predicted octanol–water partition coefficient (Wildman–Crippen LogP) is 4.44. The van der Waals surface area contributed by atoms with Crippen LogP contribution < -0.4 is 5.32 Å². The van der Waals surface area contributed by atoms with Crippen LogP contribution in [0.5, 0.6) is 0 Å². The van der Waals surface area contributed by atoms with Gasteiger partial charge in [-0.25, -0.2) is 14.4 Å². The Kier molecular flexibility index (Phi) is 4.37. The Morgan fingerprint density at radius 1 is 1.37 bits per heavy atom. The number of nitrogens with one attached hydrogen (secondary N) is 1. The second-order valence-electron chi connectivity index (χ2n) is 3.95. The van der Waals surface area contributed by atoms with Crippen LogP contribution >= 0.6 is 27.5 Å². The molecule has 100 valence electrons. The fourth-order valence-corrected chi connectivity index (χ4v) is 2.04. The minimum absolute atomic E-state index is 0.0875. The summed E-state index contributed by atoms with van der Waals surface area (Å²) in [6.07, 6.45) is 0. The van der Waals surface area contributed by atoms with E-state index in [0.717, 1.165) is 16.7 Å². The van der Waals surface area contributed by atoms with Gasteiger partial charge < -0.3 is 5.32 Å². The molecule has 1 aromatic heterocycles. The van der Waals surface area contributed by atoms with Gasteiger partial charge >= 0.3 is 0 Å². The van der Waals surface area contributed by atoms with E-state index >= 15 is 0 Å². The quantitative estimate of drug-likeness (QED) is 0.894. The van der Waals surface area contributed by atoms with Crippen molar-refractivity contribution in [2.24, 2.45) is 0 Å². The summed E-state index contributed by atoms with van der Waals surface area (Å²) in [6, 6.07) is 4.53. The van der Waals surface area contributed by atoms with Crippen LogP contribution in [-0.2, 0) is 0 Å². The second-order valence-corrected chi connectivity index (χ2v) is 5.15. The zero-order valence-corrected chi connectivity index (χ0v) is 12.8. The molecule has 1 N–H and O–H groups in total. The fourth-order valence-electron chi connectivity index (χ4n) is 1.61. The largest absolute Gasteiger partial charge is 0.369 e. The minimum Gasteiger partial charge on any atom is -0.369 e. The number of aromatic nitrogens is 2. The van der Waals surface area contributed by atoms with Gasteiger partial charge in [-0.3, -0.25) is 0 Å². The van der Waals surface area contributed by atoms with Crippen molar-refractivity contribution in [3.05, 3.63) is 39.2 Å². The molecule has 1 aromatic carbocycles. The van der Waals surface area contributed by atoms with E-state index in [-0.39, 0.29) is 5.02 Å². The highest BCUT2D eigenvalue weighted by Crippen LogP contribution is 2.28. The lowest BCUT2D eigenvalue weighted by atomic mass is 10.2. The summed E-state index contributed by atoms with van der Waals surface area (Å²) in [6.45, 7) is 4.58. The molecule has 0 atom stereocenters. The van der Waals surface area contributed by atoms with Gasteiger partial charge in [0.1, 0.15) is 11.6 Å². The van der Waals surface area contributed by atoms with Crippen LogP contribution in [0.25, 0.3) is 11.4 Å². The Morgan fingerprint density at radius 2 is 2.11 bits per heavy atom. The second kappa shape index (κ2) is 5.84. The maximum Gasteiger partial charge on any atom is 0.161 e. The molecule has 0 aliphatic rings. The zero-order chi connectivity index (χ0) is 14.0. The highest BCUT2D eigenvalue weighted by molar-refractivity contribution is 9.10. The van der Waals surface area contributed by atoms with Gasteiger partial charge in [0.15, 0.2) is 5.82 Å². The fraction of sp³-hybridized carbons (Fsp3) is 0.231. The van der Waals surface area contributed by atoms with Crippen LogP contribution in [-0.4, -0.2) is 16.5 Å². The van der Waals surface area contributed by atoms with E-state index in [9.17, 15) is 4.39 Å². The summed E-state index contributed by atoms with van der Waals surface area (Å²) in [5.74, 6) is 0.681. The van der Waals surface area contributed by atoms with E-state index in [4.69, 9.17) is 11.6 Å². The van der Waals surface area contributed by atoms with E-state index in [1.165, 1.54) is 12.1 Å². The molecular formula is C13H12BrClFN3. The minimum atomic E-state index is -0.478.